The van der Waals surface area contributed by atoms with Crippen molar-refractivity contribution in [3.8, 4) is 0 Å². The Bertz CT molecular complexity index is 482. The van der Waals surface area contributed by atoms with Crippen LogP contribution in [0.2, 0.25) is 5.02 Å². The molecule has 1 N–H and O–H groups in total. The second-order valence-corrected chi connectivity index (χ2v) is 4.25. The monoisotopic (exact) mass is 250 g/mol. The topological polar surface area (TPSA) is 24.9 Å². The second-order valence-electron chi connectivity index (χ2n) is 3.81. The fraction of sp³-hybridized carbons (Fsp3) is 0.154. The number of pyridine rings is 1. The van der Waals surface area contributed by atoms with Gasteiger partial charge in [-0.1, -0.05) is 17.7 Å². The lowest BCUT2D eigenvalue weighted by Crippen LogP contribution is -2.06. The van der Waals surface area contributed by atoms with E-state index in [2.05, 4.69) is 10.3 Å². The number of hydrogen-bond acceptors (Lipinski definition) is 2. The van der Waals surface area contributed by atoms with Crippen LogP contribution in [0.4, 0.5) is 10.1 Å². The standard InChI is InChI=1S/C13H12ClFN2/c1-9(10-3-2-4-16-8-10)17-13-6-11(14)5-12(15)7-13/h2-9,17H,1H3. The lowest BCUT2D eigenvalue weighted by molar-refractivity contribution is 0.628. The van der Waals surface area contributed by atoms with E-state index >= 15 is 0 Å². The van der Waals surface area contributed by atoms with Crippen molar-refractivity contribution in [2.24, 2.45) is 0 Å². The van der Waals surface area contributed by atoms with Crippen LogP contribution in [0.3, 0.4) is 0 Å². The van der Waals surface area contributed by atoms with E-state index < -0.39 is 0 Å². The van der Waals surface area contributed by atoms with Gasteiger partial charge in [0.25, 0.3) is 0 Å². The number of hydrogen-bond donors (Lipinski definition) is 1. The molecular weight excluding hydrogens is 239 g/mol. The zero-order chi connectivity index (χ0) is 12.3. The molecule has 0 saturated carbocycles. The van der Waals surface area contributed by atoms with E-state index in [0.717, 1.165) is 5.56 Å². The maximum atomic E-state index is 13.1. The van der Waals surface area contributed by atoms with E-state index in [9.17, 15) is 4.39 Å². The zero-order valence-corrected chi connectivity index (χ0v) is 10.1. The first-order valence-electron chi connectivity index (χ1n) is 5.28. The van der Waals surface area contributed by atoms with Crippen molar-refractivity contribution in [1.82, 2.24) is 4.98 Å². The molecule has 1 aromatic heterocycles. The van der Waals surface area contributed by atoms with E-state index in [1.165, 1.54) is 12.1 Å². The average molecular weight is 251 g/mol. The highest BCUT2D eigenvalue weighted by atomic mass is 35.5. The van der Waals surface area contributed by atoms with Gasteiger partial charge in [0, 0.05) is 23.1 Å². The van der Waals surface area contributed by atoms with Crippen LogP contribution in [0.1, 0.15) is 18.5 Å². The number of anilines is 1. The van der Waals surface area contributed by atoms with Crippen LogP contribution in [0.15, 0.2) is 42.7 Å². The molecule has 1 aromatic carbocycles. The summed E-state index contributed by atoms with van der Waals surface area (Å²) in [7, 11) is 0. The van der Waals surface area contributed by atoms with Crippen LogP contribution in [0.5, 0.6) is 0 Å². The first-order chi connectivity index (χ1) is 8.15. The summed E-state index contributed by atoms with van der Waals surface area (Å²) in [5.74, 6) is -0.349. The van der Waals surface area contributed by atoms with Gasteiger partial charge < -0.3 is 5.32 Å². The molecule has 0 aliphatic heterocycles. The van der Waals surface area contributed by atoms with Gasteiger partial charge in [0.15, 0.2) is 0 Å². The fourth-order valence-corrected chi connectivity index (χ4v) is 1.82. The van der Waals surface area contributed by atoms with E-state index in [0.29, 0.717) is 10.7 Å². The summed E-state index contributed by atoms with van der Waals surface area (Å²) >= 11 is 5.79. The van der Waals surface area contributed by atoms with Crippen LogP contribution in [0, 0.1) is 5.82 Å². The van der Waals surface area contributed by atoms with Crippen molar-refractivity contribution in [2.75, 3.05) is 5.32 Å². The van der Waals surface area contributed by atoms with E-state index in [4.69, 9.17) is 11.6 Å². The van der Waals surface area contributed by atoms with Crippen molar-refractivity contribution < 1.29 is 4.39 Å². The molecule has 0 aliphatic carbocycles. The van der Waals surface area contributed by atoms with Crippen molar-refractivity contribution in [3.63, 3.8) is 0 Å². The Kier molecular flexibility index (Phi) is 3.59. The molecule has 1 unspecified atom stereocenters. The second kappa shape index (κ2) is 5.15. The number of rotatable bonds is 3. The van der Waals surface area contributed by atoms with Gasteiger partial charge in [-0.2, -0.15) is 0 Å². The van der Waals surface area contributed by atoms with Crippen LogP contribution >= 0.6 is 11.6 Å². The molecule has 88 valence electrons. The minimum Gasteiger partial charge on any atom is -0.378 e. The van der Waals surface area contributed by atoms with Gasteiger partial charge in [0.2, 0.25) is 0 Å². The molecule has 0 spiro atoms. The smallest absolute Gasteiger partial charge is 0.126 e. The number of nitrogens with one attached hydrogen (secondary N) is 1. The van der Waals surface area contributed by atoms with Crippen LogP contribution in [0.25, 0.3) is 0 Å². The fourth-order valence-electron chi connectivity index (χ4n) is 1.60. The quantitative estimate of drug-likeness (QED) is 0.889. The summed E-state index contributed by atoms with van der Waals surface area (Å²) in [6.45, 7) is 1.98. The van der Waals surface area contributed by atoms with Crippen molar-refractivity contribution >= 4 is 17.3 Å². The number of benzene rings is 1. The summed E-state index contributed by atoms with van der Waals surface area (Å²) < 4.78 is 13.1. The number of aromatic nitrogens is 1. The van der Waals surface area contributed by atoms with Gasteiger partial charge in [0.1, 0.15) is 5.82 Å². The first-order valence-corrected chi connectivity index (χ1v) is 5.65. The first kappa shape index (κ1) is 11.9. The predicted molar refractivity (Wildman–Crippen MR) is 67.7 cm³/mol. The summed E-state index contributed by atoms with van der Waals surface area (Å²) in [4.78, 5) is 4.04. The van der Waals surface area contributed by atoms with E-state index in [-0.39, 0.29) is 11.9 Å². The third-order valence-corrected chi connectivity index (χ3v) is 2.65. The molecule has 0 fully saturated rings. The van der Waals surface area contributed by atoms with Crippen LogP contribution in [-0.4, -0.2) is 4.98 Å². The Balaban J connectivity index is 2.16. The highest BCUT2D eigenvalue weighted by Crippen LogP contribution is 2.22. The predicted octanol–water partition coefficient (Wildman–Crippen LogP) is 4.05. The van der Waals surface area contributed by atoms with Crippen molar-refractivity contribution in [1.29, 1.82) is 0 Å². The van der Waals surface area contributed by atoms with Gasteiger partial charge >= 0.3 is 0 Å². The molecule has 2 nitrogen and oxygen atoms in total. The summed E-state index contributed by atoms with van der Waals surface area (Å²) in [6.07, 6.45) is 3.49. The third-order valence-electron chi connectivity index (χ3n) is 2.43. The molecule has 0 radical (unpaired) electrons. The summed E-state index contributed by atoms with van der Waals surface area (Å²) in [5, 5.41) is 3.56. The Hall–Kier alpha value is -1.61. The lowest BCUT2D eigenvalue weighted by Gasteiger charge is -2.15. The van der Waals surface area contributed by atoms with Crippen LogP contribution < -0.4 is 5.32 Å². The lowest BCUT2D eigenvalue weighted by atomic mass is 10.1. The van der Waals surface area contributed by atoms with Gasteiger partial charge in [-0.05, 0) is 36.8 Å². The van der Waals surface area contributed by atoms with E-state index in [1.54, 1.807) is 18.5 Å². The Morgan fingerprint density at radius 2 is 2.18 bits per heavy atom. The molecule has 1 heterocycles. The third kappa shape index (κ3) is 3.17. The summed E-state index contributed by atoms with van der Waals surface area (Å²) in [5.41, 5.74) is 1.69. The van der Waals surface area contributed by atoms with Crippen LogP contribution in [-0.2, 0) is 0 Å². The average Bonchev–Trinajstić information content (AvgIpc) is 2.28. The van der Waals surface area contributed by atoms with E-state index in [1.807, 2.05) is 19.1 Å². The molecule has 0 aliphatic rings. The largest absolute Gasteiger partial charge is 0.378 e. The van der Waals surface area contributed by atoms with Crippen molar-refractivity contribution in [2.45, 2.75) is 13.0 Å². The maximum Gasteiger partial charge on any atom is 0.126 e. The molecule has 1 atom stereocenters. The minimum absolute atomic E-state index is 0.0431. The number of nitrogens with zero attached hydrogens (tertiary/aromatic N) is 1. The zero-order valence-electron chi connectivity index (χ0n) is 9.32. The molecular formula is C13H12ClFN2. The normalized spacial score (nSPS) is 12.2. The minimum atomic E-state index is -0.349. The number of halogens is 2. The highest BCUT2D eigenvalue weighted by Gasteiger charge is 2.06. The molecule has 17 heavy (non-hydrogen) atoms. The molecule has 2 rings (SSSR count). The Morgan fingerprint density at radius 1 is 1.35 bits per heavy atom. The molecule has 0 amide bonds. The van der Waals surface area contributed by atoms with Gasteiger partial charge in [-0.25, -0.2) is 4.39 Å². The Morgan fingerprint density at radius 3 is 2.82 bits per heavy atom. The molecule has 0 bridgehead atoms. The molecule has 0 saturated heterocycles. The SMILES string of the molecule is CC(Nc1cc(F)cc(Cl)c1)c1cccnc1. The Labute approximate surface area is 104 Å². The highest BCUT2D eigenvalue weighted by molar-refractivity contribution is 6.30. The van der Waals surface area contributed by atoms with Gasteiger partial charge in [-0.15, -0.1) is 0 Å². The van der Waals surface area contributed by atoms with Gasteiger partial charge in [0.05, 0.1) is 6.04 Å². The van der Waals surface area contributed by atoms with Gasteiger partial charge in [-0.3, -0.25) is 4.98 Å². The van der Waals surface area contributed by atoms with Crippen molar-refractivity contribution in [3.05, 3.63) is 59.1 Å². The molecule has 4 heteroatoms. The summed E-state index contributed by atoms with van der Waals surface area (Å²) in [6, 6.07) is 8.26. The maximum absolute atomic E-state index is 13.1. The molecule has 2 aromatic rings.